The normalized spacial score (nSPS) is 13.6. The van der Waals surface area contributed by atoms with Crippen LogP contribution in [0.2, 0.25) is 0 Å². The molecule has 0 bridgehead atoms. The fraction of sp³-hybridized carbons (Fsp3) is 1.00. The Hall–Kier alpha value is -1.28. The molecule has 50 heavy (non-hydrogen) atoms. The molecule has 0 aromatic rings. The quantitative estimate of drug-likeness (QED) is 0.0746. The van der Waals surface area contributed by atoms with Crippen LogP contribution in [0.25, 0.3) is 0 Å². The molecule has 0 heterocycles. The molecule has 0 aliphatic rings. The summed E-state index contributed by atoms with van der Waals surface area (Å²) in [6.07, 6.45) is -5.56. The molecular weight excluding hydrogens is 728 g/mol. The third-order valence-electron chi connectivity index (χ3n) is 5.81. The minimum absolute atomic E-state index is 0.0305. The third-order valence-corrected chi connectivity index (χ3v) is 5.81. The number of hydrogen-bond donors (Lipinski definition) is 1. The maximum Gasteiger partial charge on any atom is 0.384 e. The van der Waals surface area contributed by atoms with Crippen LogP contribution in [-0.4, -0.2) is 180 Å². The van der Waals surface area contributed by atoms with Crippen LogP contribution in [0.1, 0.15) is 0 Å². The van der Waals surface area contributed by atoms with E-state index in [4.69, 9.17) is 47.7 Å². The number of aliphatic hydroxyl groups is 1. The van der Waals surface area contributed by atoms with Crippen molar-refractivity contribution < 1.29 is 105 Å². The van der Waals surface area contributed by atoms with Crippen LogP contribution < -0.4 is 0 Å². The molecular formula is C27H44F12O11. The first-order chi connectivity index (χ1) is 23.5. The molecule has 302 valence electrons. The van der Waals surface area contributed by atoms with Crippen molar-refractivity contribution in [1.82, 2.24) is 0 Å². The van der Waals surface area contributed by atoms with E-state index in [0.717, 1.165) is 0 Å². The van der Waals surface area contributed by atoms with Gasteiger partial charge in [0.05, 0.1) is 132 Å². The monoisotopic (exact) mass is 772 g/mol. The number of aliphatic hydroxyl groups excluding tert-OH is 1. The van der Waals surface area contributed by atoms with Crippen molar-refractivity contribution in [3.63, 3.8) is 0 Å². The van der Waals surface area contributed by atoms with Crippen molar-refractivity contribution in [1.29, 1.82) is 0 Å². The van der Waals surface area contributed by atoms with Gasteiger partial charge < -0.3 is 52.5 Å². The number of alkyl halides is 12. The highest BCUT2D eigenvalue weighted by atomic mass is 19.4. The van der Waals surface area contributed by atoms with Crippen molar-refractivity contribution in [2.45, 2.75) is 36.0 Å². The molecule has 1 N–H and O–H groups in total. The zero-order valence-corrected chi connectivity index (χ0v) is 27.0. The van der Waals surface area contributed by atoms with E-state index in [1.807, 2.05) is 0 Å². The van der Waals surface area contributed by atoms with Gasteiger partial charge in [0.15, 0.2) is 0 Å². The van der Waals surface area contributed by atoms with Gasteiger partial charge in [-0.3, -0.25) is 0 Å². The summed E-state index contributed by atoms with van der Waals surface area (Å²) >= 11 is 0. The van der Waals surface area contributed by atoms with Crippen LogP contribution in [-0.2, 0) is 47.4 Å². The highest BCUT2D eigenvalue weighted by Gasteiger charge is 2.87. The average Bonchev–Trinajstić information content (AvgIpc) is 3.05. The standard InChI is InChI=1S/C27H44F12O11/c28-22(29)24(32,33)26(36,37)27(38,39)25(34,35)23(30,31)21-50-20-19-49-18-17-48-16-15-47-14-13-46-12-11-45-10-9-44-8-7-43-6-5-42-4-3-41-2-1-40/h22,40H,1-21H2. The van der Waals surface area contributed by atoms with E-state index in [2.05, 4.69) is 4.74 Å². The first kappa shape index (κ1) is 48.7. The summed E-state index contributed by atoms with van der Waals surface area (Å²) in [6.45, 7) is 0.484. The molecule has 0 amide bonds. The van der Waals surface area contributed by atoms with E-state index in [1.54, 1.807) is 0 Å². The van der Waals surface area contributed by atoms with Gasteiger partial charge in [0, 0.05) is 0 Å². The van der Waals surface area contributed by atoms with Crippen molar-refractivity contribution in [2.75, 3.05) is 139 Å². The van der Waals surface area contributed by atoms with Crippen LogP contribution >= 0.6 is 0 Å². The first-order valence-electron chi connectivity index (χ1n) is 15.1. The van der Waals surface area contributed by atoms with Gasteiger partial charge >= 0.3 is 36.0 Å². The van der Waals surface area contributed by atoms with Crippen LogP contribution in [0, 0.1) is 0 Å². The fourth-order valence-corrected chi connectivity index (χ4v) is 3.11. The molecule has 0 aliphatic heterocycles. The van der Waals surface area contributed by atoms with Crippen molar-refractivity contribution >= 4 is 0 Å². The van der Waals surface area contributed by atoms with Gasteiger partial charge in [-0.25, -0.2) is 8.78 Å². The van der Waals surface area contributed by atoms with E-state index < -0.39 is 55.9 Å². The Morgan fingerprint density at radius 2 is 0.580 bits per heavy atom. The highest BCUT2D eigenvalue weighted by molar-refractivity contribution is 5.09. The van der Waals surface area contributed by atoms with E-state index in [9.17, 15) is 52.7 Å². The second-order valence-electron chi connectivity index (χ2n) is 9.64. The first-order valence-corrected chi connectivity index (χ1v) is 15.1. The molecule has 0 aromatic heterocycles. The lowest BCUT2D eigenvalue weighted by molar-refractivity contribution is -0.415. The van der Waals surface area contributed by atoms with E-state index in [0.29, 0.717) is 66.1 Å². The maximum absolute atomic E-state index is 13.6. The minimum Gasteiger partial charge on any atom is -0.394 e. The minimum atomic E-state index is -7.59. The molecule has 0 saturated heterocycles. The van der Waals surface area contributed by atoms with Gasteiger partial charge in [-0.1, -0.05) is 0 Å². The van der Waals surface area contributed by atoms with Crippen LogP contribution in [0.15, 0.2) is 0 Å². The van der Waals surface area contributed by atoms with E-state index >= 15 is 0 Å². The molecule has 0 rings (SSSR count). The predicted molar refractivity (Wildman–Crippen MR) is 146 cm³/mol. The number of rotatable bonds is 36. The van der Waals surface area contributed by atoms with Crippen molar-refractivity contribution in [3.05, 3.63) is 0 Å². The summed E-state index contributed by atoms with van der Waals surface area (Å²) in [5, 5.41) is 8.55. The van der Waals surface area contributed by atoms with Crippen molar-refractivity contribution in [2.24, 2.45) is 0 Å². The molecule has 0 aromatic carbocycles. The van der Waals surface area contributed by atoms with Crippen molar-refractivity contribution in [3.8, 4) is 0 Å². The number of hydrogen-bond acceptors (Lipinski definition) is 11. The molecule has 0 spiro atoms. The Bertz CT molecular complexity index is 819. The Balaban J connectivity index is 3.66. The largest absolute Gasteiger partial charge is 0.394 e. The lowest BCUT2D eigenvalue weighted by atomic mass is 9.94. The molecule has 0 fully saturated rings. The van der Waals surface area contributed by atoms with E-state index in [1.165, 1.54) is 0 Å². The predicted octanol–water partition coefficient (Wildman–Crippen LogP) is 3.59. The summed E-state index contributed by atoms with van der Waals surface area (Å²) in [4.78, 5) is 0. The number of halogens is 12. The number of ether oxygens (including phenoxy) is 10. The second-order valence-corrected chi connectivity index (χ2v) is 9.64. The zero-order chi connectivity index (χ0) is 38.0. The Morgan fingerprint density at radius 3 is 0.820 bits per heavy atom. The molecule has 0 saturated carbocycles. The van der Waals surface area contributed by atoms with Gasteiger partial charge in [0.1, 0.15) is 6.61 Å². The fourth-order valence-electron chi connectivity index (χ4n) is 3.11. The van der Waals surface area contributed by atoms with Gasteiger partial charge in [-0.2, -0.15) is 43.9 Å². The Labute approximate surface area is 280 Å². The van der Waals surface area contributed by atoms with Crippen LogP contribution in [0.5, 0.6) is 0 Å². The van der Waals surface area contributed by atoms with Crippen LogP contribution in [0.3, 0.4) is 0 Å². The second kappa shape index (κ2) is 26.5. The topological polar surface area (TPSA) is 113 Å². The molecule has 23 heteroatoms. The van der Waals surface area contributed by atoms with E-state index in [-0.39, 0.29) is 52.9 Å². The SMILES string of the molecule is OCCOCCOCCOCCOCCOCCOCCOCCOCCOCCOCC(F)(F)C(F)(F)C(F)(F)C(F)(F)C(F)(F)C(F)F. The lowest BCUT2D eigenvalue weighted by Crippen LogP contribution is -2.69. The Morgan fingerprint density at radius 1 is 0.340 bits per heavy atom. The van der Waals surface area contributed by atoms with Gasteiger partial charge in [-0.15, -0.1) is 0 Å². The molecule has 0 radical (unpaired) electrons. The molecule has 0 atom stereocenters. The zero-order valence-electron chi connectivity index (χ0n) is 27.0. The van der Waals surface area contributed by atoms with Crippen LogP contribution in [0.4, 0.5) is 52.7 Å². The lowest BCUT2D eigenvalue weighted by Gasteiger charge is -2.39. The summed E-state index contributed by atoms with van der Waals surface area (Å²) in [5.74, 6) is -35.5. The van der Waals surface area contributed by atoms with Gasteiger partial charge in [0.25, 0.3) is 0 Å². The maximum atomic E-state index is 13.6. The molecule has 0 unspecified atom stereocenters. The summed E-state index contributed by atoms with van der Waals surface area (Å²) in [5.41, 5.74) is 0. The summed E-state index contributed by atoms with van der Waals surface area (Å²) in [7, 11) is 0. The Kier molecular flexibility index (Phi) is 25.8. The summed E-state index contributed by atoms with van der Waals surface area (Å²) in [6, 6.07) is 0. The highest BCUT2D eigenvalue weighted by Crippen LogP contribution is 2.58. The third kappa shape index (κ3) is 18.0. The van der Waals surface area contributed by atoms with Gasteiger partial charge in [0.2, 0.25) is 0 Å². The van der Waals surface area contributed by atoms with Gasteiger partial charge in [-0.05, 0) is 0 Å². The molecule has 11 nitrogen and oxygen atoms in total. The molecule has 0 aliphatic carbocycles. The smallest absolute Gasteiger partial charge is 0.384 e. The summed E-state index contributed by atoms with van der Waals surface area (Å²) < 4.78 is 208. The average molecular weight is 773 g/mol.